The largest absolute Gasteiger partial charge is 0.347 e. The molecule has 1 aromatic heterocycles. The van der Waals surface area contributed by atoms with Gasteiger partial charge in [-0.2, -0.15) is 5.10 Å². The van der Waals surface area contributed by atoms with Gasteiger partial charge in [0.15, 0.2) is 0 Å². The Balaban J connectivity index is 1.67. The maximum atomic E-state index is 12.3. The Morgan fingerprint density at radius 1 is 1.38 bits per heavy atom. The van der Waals surface area contributed by atoms with E-state index in [9.17, 15) is 4.79 Å². The number of rotatable bonds is 5. The summed E-state index contributed by atoms with van der Waals surface area (Å²) in [6.45, 7) is 0. The number of aromatic amines is 1. The Morgan fingerprint density at radius 3 is 2.81 bits per heavy atom. The van der Waals surface area contributed by atoms with Gasteiger partial charge in [-0.1, -0.05) is 34.1 Å². The molecule has 5 heteroatoms. The fourth-order valence-corrected chi connectivity index (χ4v) is 3.51. The Kier molecular flexibility index (Phi) is 4.10. The van der Waals surface area contributed by atoms with E-state index < -0.39 is 0 Å². The molecule has 21 heavy (non-hydrogen) atoms. The van der Waals surface area contributed by atoms with Crippen LogP contribution in [0.3, 0.4) is 0 Å². The van der Waals surface area contributed by atoms with Crippen molar-refractivity contribution in [1.82, 2.24) is 15.5 Å². The summed E-state index contributed by atoms with van der Waals surface area (Å²) in [5.41, 5.74) is 2.06. The maximum absolute atomic E-state index is 12.3. The van der Waals surface area contributed by atoms with Crippen LogP contribution in [0.4, 0.5) is 0 Å². The molecule has 0 atom stereocenters. The quantitative estimate of drug-likeness (QED) is 0.871. The zero-order valence-corrected chi connectivity index (χ0v) is 13.3. The van der Waals surface area contributed by atoms with E-state index in [0.717, 1.165) is 29.3 Å². The second kappa shape index (κ2) is 6.02. The Morgan fingerprint density at radius 2 is 2.19 bits per heavy atom. The normalized spacial score (nSPS) is 16.2. The highest BCUT2D eigenvalue weighted by atomic mass is 79.9. The molecular weight excluding hydrogens is 330 g/mol. The molecule has 110 valence electrons. The SMILES string of the molecule is O=C(CCc1cn[nH]c1)NC1(c2ccccc2Br)CCC1. The number of nitrogens with one attached hydrogen (secondary N) is 2. The van der Waals surface area contributed by atoms with E-state index in [1.807, 2.05) is 24.4 Å². The summed E-state index contributed by atoms with van der Waals surface area (Å²) in [6.07, 6.45) is 7.98. The summed E-state index contributed by atoms with van der Waals surface area (Å²) < 4.78 is 1.07. The molecule has 1 aromatic carbocycles. The lowest BCUT2D eigenvalue weighted by Crippen LogP contribution is -2.51. The third-order valence-corrected chi connectivity index (χ3v) is 4.86. The van der Waals surface area contributed by atoms with Gasteiger partial charge < -0.3 is 5.32 Å². The number of nitrogens with zero attached hydrogens (tertiary/aromatic N) is 1. The summed E-state index contributed by atoms with van der Waals surface area (Å²) in [5, 5.41) is 9.92. The van der Waals surface area contributed by atoms with E-state index in [-0.39, 0.29) is 11.4 Å². The minimum absolute atomic E-state index is 0.103. The predicted molar refractivity (Wildman–Crippen MR) is 84.7 cm³/mol. The van der Waals surface area contributed by atoms with Crippen LogP contribution >= 0.6 is 15.9 Å². The third-order valence-electron chi connectivity index (χ3n) is 4.17. The first-order valence-corrected chi connectivity index (χ1v) is 8.03. The van der Waals surface area contributed by atoms with Crippen LogP contribution < -0.4 is 5.32 Å². The lowest BCUT2D eigenvalue weighted by molar-refractivity contribution is -0.124. The zero-order chi connectivity index (χ0) is 14.7. The van der Waals surface area contributed by atoms with Gasteiger partial charge in [0.25, 0.3) is 0 Å². The Bertz CT molecular complexity index is 620. The van der Waals surface area contributed by atoms with Crippen molar-refractivity contribution in [2.24, 2.45) is 0 Å². The van der Waals surface area contributed by atoms with E-state index in [1.54, 1.807) is 6.20 Å². The average molecular weight is 348 g/mol. The van der Waals surface area contributed by atoms with Gasteiger partial charge in [0.2, 0.25) is 5.91 Å². The molecule has 2 aromatic rings. The number of carbonyl (C=O) groups excluding carboxylic acids is 1. The number of aryl methyl sites for hydroxylation is 1. The Hall–Kier alpha value is -1.62. The van der Waals surface area contributed by atoms with Gasteiger partial charge in [-0.05, 0) is 42.9 Å². The van der Waals surface area contributed by atoms with Crippen LogP contribution in [0.1, 0.15) is 36.8 Å². The third kappa shape index (κ3) is 3.02. The minimum atomic E-state index is -0.187. The number of aromatic nitrogens is 2. The Labute approximate surface area is 132 Å². The summed E-state index contributed by atoms with van der Waals surface area (Å²) >= 11 is 3.60. The summed E-state index contributed by atoms with van der Waals surface area (Å²) in [6, 6.07) is 8.16. The molecular formula is C16H18BrN3O. The molecule has 1 heterocycles. The van der Waals surface area contributed by atoms with Gasteiger partial charge >= 0.3 is 0 Å². The maximum Gasteiger partial charge on any atom is 0.221 e. The molecule has 4 nitrogen and oxygen atoms in total. The summed E-state index contributed by atoms with van der Waals surface area (Å²) in [5.74, 6) is 0.103. The van der Waals surface area contributed by atoms with E-state index in [4.69, 9.17) is 0 Å². The van der Waals surface area contributed by atoms with Gasteiger partial charge in [-0.25, -0.2) is 0 Å². The van der Waals surface area contributed by atoms with Crippen molar-refractivity contribution < 1.29 is 4.79 Å². The molecule has 1 amide bonds. The molecule has 1 fully saturated rings. The van der Waals surface area contributed by atoms with Gasteiger partial charge in [0.1, 0.15) is 0 Å². The van der Waals surface area contributed by atoms with Crippen LogP contribution in [0.5, 0.6) is 0 Å². The number of hydrogen-bond acceptors (Lipinski definition) is 2. The molecule has 3 rings (SSSR count). The fourth-order valence-electron chi connectivity index (χ4n) is 2.84. The highest BCUT2D eigenvalue weighted by Gasteiger charge is 2.40. The molecule has 0 radical (unpaired) electrons. The summed E-state index contributed by atoms with van der Waals surface area (Å²) in [7, 11) is 0. The van der Waals surface area contributed by atoms with E-state index in [0.29, 0.717) is 12.8 Å². The first-order valence-electron chi connectivity index (χ1n) is 7.23. The second-order valence-corrected chi connectivity index (χ2v) is 6.42. The van der Waals surface area contributed by atoms with Crippen molar-refractivity contribution in [1.29, 1.82) is 0 Å². The monoisotopic (exact) mass is 347 g/mol. The van der Waals surface area contributed by atoms with E-state index in [2.05, 4.69) is 37.5 Å². The lowest BCUT2D eigenvalue weighted by atomic mass is 9.71. The van der Waals surface area contributed by atoms with Crippen molar-refractivity contribution >= 4 is 21.8 Å². The second-order valence-electron chi connectivity index (χ2n) is 5.57. The van der Waals surface area contributed by atoms with Crippen LogP contribution in [0.25, 0.3) is 0 Å². The molecule has 0 spiro atoms. The average Bonchev–Trinajstić information content (AvgIpc) is 2.95. The zero-order valence-electron chi connectivity index (χ0n) is 11.7. The number of hydrogen-bond donors (Lipinski definition) is 2. The first kappa shape index (κ1) is 14.3. The standard InChI is InChI=1S/C16H18BrN3O/c17-14-5-2-1-4-13(14)16(8-3-9-16)20-15(21)7-6-12-10-18-19-11-12/h1-2,4-5,10-11H,3,6-9H2,(H,18,19)(H,20,21). The number of H-pyrrole nitrogens is 1. The molecule has 1 saturated carbocycles. The number of halogens is 1. The summed E-state index contributed by atoms with van der Waals surface area (Å²) in [4.78, 5) is 12.3. The highest BCUT2D eigenvalue weighted by molar-refractivity contribution is 9.10. The number of amides is 1. The molecule has 1 aliphatic rings. The van der Waals surface area contributed by atoms with Crippen LogP contribution in [0.2, 0.25) is 0 Å². The molecule has 0 bridgehead atoms. The van der Waals surface area contributed by atoms with Crippen molar-refractivity contribution in [3.05, 3.63) is 52.3 Å². The minimum Gasteiger partial charge on any atom is -0.347 e. The van der Waals surface area contributed by atoms with Crippen molar-refractivity contribution in [3.8, 4) is 0 Å². The molecule has 0 saturated heterocycles. The van der Waals surface area contributed by atoms with Gasteiger partial charge in [-0.15, -0.1) is 0 Å². The molecule has 0 aliphatic heterocycles. The van der Waals surface area contributed by atoms with Gasteiger partial charge in [-0.3, -0.25) is 9.89 Å². The van der Waals surface area contributed by atoms with Crippen molar-refractivity contribution in [2.45, 2.75) is 37.6 Å². The van der Waals surface area contributed by atoms with Crippen LogP contribution in [0.15, 0.2) is 41.1 Å². The van der Waals surface area contributed by atoms with E-state index in [1.165, 1.54) is 5.56 Å². The lowest BCUT2D eigenvalue weighted by Gasteiger charge is -2.43. The van der Waals surface area contributed by atoms with Crippen LogP contribution in [-0.4, -0.2) is 16.1 Å². The molecule has 0 unspecified atom stereocenters. The van der Waals surface area contributed by atoms with Crippen molar-refractivity contribution in [2.75, 3.05) is 0 Å². The first-order chi connectivity index (χ1) is 10.2. The van der Waals surface area contributed by atoms with Gasteiger partial charge in [0.05, 0.1) is 11.7 Å². The van der Waals surface area contributed by atoms with E-state index >= 15 is 0 Å². The van der Waals surface area contributed by atoms with Crippen LogP contribution in [0, 0.1) is 0 Å². The molecule has 2 N–H and O–H groups in total. The highest BCUT2D eigenvalue weighted by Crippen LogP contribution is 2.44. The topological polar surface area (TPSA) is 57.8 Å². The molecule has 1 aliphatic carbocycles. The fraction of sp³-hybridized carbons (Fsp3) is 0.375. The van der Waals surface area contributed by atoms with Crippen molar-refractivity contribution in [3.63, 3.8) is 0 Å². The number of carbonyl (C=O) groups is 1. The van der Waals surface area contributed by atoms with Crippen LogP contribution in [-0.2, 0) is 16.8 Å². The smallest absolute Gasteiger partial charge is 0.221 e. The number of benzene rings is 1. The predicted octanol–water partition coefficient (Wildman–Crippen LogP) is 3.30. The van der Waals surface area contributed by atoms with Gasteiger partial charge in [0, 0.05) is 17.1 Å².